The van der Waals surface area contributed by atoms with E-state index < -0.39 is 10.0 Å². The molecule has 1 aromatic rings. The molecule has 0 amide bonds. The quantitative estimate of drug-likeness (QED) is 0.797. The van der Waals surface area contributed by atoms with Gasteiger partial charge in [0.15, 0.2) is 0 Å². The molecule has 0 spiro atoms. The molecule has 1 atom stereocenters. The zero-order chi connectivity index (χ0) is 13.6. The van der Waals surface area contributed by atoms with Gasteiger partial charge in [-0.25, -0.2) is 13.1 Å². The number of unbranched alkanes of at least 4 members (excludes halogenated alkanes) is 1. The van der Waals surface area contributed by atoms with E-state index in [0.717, 1.165) is 19.3 Å². The molecular formula is C13H21NO3S. The Balaban J connectivity index is 2.86. The van der Waals surface area contributed by atoms with Gasteiger partial charge in [0.25, 0.3) is 0 Å². The first-order valence-corrected chi connectivity index (χ1v) is 7.70. The third kappa shape index (κ3) is 4.08. The zero-order valence-corrected chi connectivity index (χ0v) is 11.7. The molecule has 1 aromatic carbocycles. The Morgan fingerprint density at radius 1 is 1.33 bits per heavy atom. The highest BCUT2D eigenvalue weighted by Crippen LogP contribution is 2.16. The Bertz CT molecular complexity index is 471. The van der Waals surface area contributed by atoms with Crippen LogP contribution in [0.3, 0.4) is 0 Å². The fourth-order valence-electron chi connectivity index (χ4n) is 1.79. The van der Waals surface area contributed by atoms with Crippen LogP contribution in [0.1, 0.15) is 38.7 Å². The van der Waals surface area contributed by atoms with Crippen LogP contribution >= 0.6 is 0 Å². The lowest BCUT2D eigenvalue weighted by atomic mass is 10.2. The maximum absolute atomic E-state index is 12.2. The molecule has 18 heavy (non-hydrogen) atoms. The van der Waals surface area contributed by atoms with E-state index in [1.807, 2.05) is 6.92 Å². The van der Waals surface area contributed by atoms with Crippen LogP contribution in [0.25, 0.3) is 0 Å². The fraction of sp³-hybridized carbons (Fsp3) is 0.538. The van der Waals surface area contributed by atoms with E-state index in [1.54, 1.807) is 18.2 Å². The first kappa shape index (κ1) is 15.1. The lowest BCUT2D eigenvalue weighted by molar-refractivity contribution is 0.278. The number of sulfonamides is 1. The summed E-state index contributed by atoms with van der Waals surface area (Å²) < 4.78 is 27.0. The number of rotatable bonds is 7. The predicted molar refractivity (Wildman–Crippen MR) is 71.7 cm³/mol. The van der Waals surface area contributed by atoms with Gasteiger partial charge in [-0.15, -0.1) is 0 Å². The Hall–Kier alpha value is -0.910. The molecule has 102 valence electrons. The monoisotopic (exact) mass is 271 g/mol. The zero-order valence-electron chi connectivity index (χ0n) is 10.9. The summed E-state index contributed by atoms with van der Waals surface area (Å²) in [6, 6.07) is 6.41. The number of aliphatic hydroxyl groups is 1. The molecule has 0 radical (unpaired) electrons. The number of aliphatic hydroxyl groups excluding tert-OH is 1. The van der Waals surface area contributed by atoms with Crippen molar-refractivity contribution in [3.05, 3.63) is 29.8 Å². The highest BCUT2D eigenvalue weighted by Gasteiger charge is 2.19. The third-order valence-corrected chi connectivity index (χ3v) is 4.47. The van der Waals surface area contributed by atoms with Gasteiger partial charge in [-0.05, 0) is 25.0 Å². The molecule has 0 aliphatic heterocycles. The standard InChI is InChI=1S/C13H21NO3S/c1-3-4-7-11(2)14-18(16,17)13-9-6-5-8-12(13)10-15/h5-6,8-9,11,14-15H,3-4,7,10H2,1-2H3. The van der Waals surface area contributed by atoms with Crippen molar-refractivity contribution >= 4 is 10.0 Å². The highest BCUT2D eigenvalue weighted by molar-refractivity contribution is 7.89. The maximum Gasteiger partial charge on any atom is 0.241 e. The lowest BCUT2D eigenvalue weighted by Gasteiger charge is -2.15. The van der Waals surface area contributed by atoms with Crippen LogP contribution in [0, 0.1) is 0 Å². The van der Waals surface area contributed by atoms with Crippen LogP contribution in [-0.2, 0) is 16.6 Å². The smallest absolute Gasteiger partial charge is 0.241 e. The van der Waals surface area contributed by atoms with Crippen molar-refractivity contribution in [3.63, 3.8) is 0 Å². The summed E-state index contributed by atoms with van der Waals surface area (Å²) in [4.78, 5) is 0.163. The summed E-state index contributed by atoms with van der Waals surface area (Å²) in [5.41, 5.74) is 0.424. The summed E-state index contributed by atoms with van der Waals surface area (Å²) in [7, 11) is -3.54. The van der Waals surface area contributed by atoms with E-state index in [2.05, 4.69) is 11.6 Å². The van der Waals surface area contributed by atoms with Crippen LogP contribution < -0.4 is 4.72 Å². The van der Waals surface area contributed by atoms with E-state index >= 15 is 0 Å². The van der Waals surface area contributed by atoms with Crippen LogP contribution in [-0.4, -0.2) is 19.6 Å². The van der Waals surface area contributed by atoms with Gasteiger partial charge in [-0.2, -0.15) is 0 Å². The van der Waals surface area contributed by atoms with Crippen LogP contribution in [0.4, 0.5) is 0 Å². The Kier molecular flexibility index (Phi) is 5.78. The molecule has 4 nitrogen and oxygen atoms in total. The van der Waals surface area contributed by atoms with Crippen molar-refractivity contribution in [2.75, 3.05) is 0 Å². The molecule has 0 aliphatic rings. The molecule has 0 fully saturated rings. The largest absolute Gasteiger partial charge is 0.392 e. The number of hydrogen-bond donors (Lipinski definition) is 2. The van der Waals surface area contributed by atoms with Gasteiger partial charge in [0.2, 0.25) is 10.0 Å². The minimum atomic E-state index is -3.54. The summed E-state index contributed by atoms with van der Waals surface area (Å²) in [5, 5.41) is 9.17. The van der Waals surface area contributed by atoms with Gasteiger partial charge in [0, 0.05) is 6.04 Å². The summed E-state index contributed by atoms with van der Waals surface area (Å²) in [6.45, 7) is 3.65. The van der Waals surface area contributed by atoms with Gasteiger partial charge < -0.3 is 5.11 Å². The topological polar surface area (TPSA) is 66.4 Å². The van der Waals surface area contributed by atoms with E-state index in [9.17, 15) is 8.42 Å². The van der Waals surface area contributed by atoms with Gasteiger partial charge in [-0.1, -0.05) is 38.0 Å². The molecule has 5 heteroatoms. The first-order chi connectivity index (χ1) is 8.51. The van der Waals surface area contributed by atoms with Crippen molar-refractivity contribution in [1.82, 2.24) is 4.72 Å². The second-order valence-electron chi connectivity index (χ2n) is 4.43. The average molecular weight is 271 g/mol. The van der Waals surface area contributed by atoms with E-state index in [0.29, 0.717) is 5.56 Å². The van der Waals surface area contributed by atoms with Crippen LogP contribution in [0.5, 0.6) is 0 Å². The minimum absolute atomic E-state index is 0.0956. The summed E-state index contributed by atoms with van der Waals surface area (Å²) >= 11 is 0. The average Bonchev–Trinajstić information content (AvgIpc) is 2.35. The highest BCUT2D eigenvalue weighted by atomic mass is 32.2. The number of benzene rings is 1. The maximum atomic E-state index is 12.2. The SMILES string of the molecule is CCCCC(C)NS(=O)(=O)c1ccccc1CO. The van der Waals surface area contributed by atoms with E-state index in [4.69, 9.17) is 5.11 Å². The van der Waals surface area contributed by atoms with Crippen molar-refractivity contribution in [2.45, 2.75) is 50.7 Å². The fourth-order valence-corrected chi connectivity index (χ4v) is 3.30. The second kappa shape index (κ2) is 6.87. The third-order valence-electron chi connectivity index (χ3n) is 2.78. The van der Waals surface area contributed by atoms with Crippen molar-refractivity contribution in [1.29, 1.82) is 0 Å². The van der Waals surface area contributed by atoms with Crippen LogP contribution in [0.2, 0.25) is 0 Å². The Labute approximate surface area is 109 Å². The molecule has 2 N–H and O–H groups in total. The first-order valence-electron chi connectivity index (χ1n) is 6.22. The van der Waals surface area contributed by atoms with Gasteiger partial charge in [0.1, 0.15) is 0 Å². The molecule has 0 saturated carbocycles. The molecule has 0 saturated heterocycles. The van der Waals surface area contributed by atoms with Gasteiger partial charge in [0.05, 0.1) is 11.5 Å². The van der Waals surface area contributed by atoms with E-state index in [1.165, 1.54) is 6.07 Å². The predicted octanol–water partition coefficient (Wildman–Crippen LogP) is 2.04. The van der Waals surface area contributed by atoms with Crippen LogP contribution in [0.15, 0.2) is 29.2 Å². The summed E-state index contributed by atoms with van der Waals surface area (Å²) in [6.07, 6.45) is 2.85. The number of nitrogens with one attached hydrogen (secondary N) is 1. The molecule has 1 rings (SSSR count). The van der Waals surface area contributed by atoms with Crippen molar-refractivity contribution < 1.29 is 13.5 Å². The van der Waals surface area contributed by atoms with E-state index in [-0.39, 0.29) is 17.5 Å². The normalized spacial score (nSPS) is 13.5. The molecule has 0 aliphatic carbocycles. The lowest BCUT2D eigenvalue weighted by Crippen LogP contribution is -2.33. The van der Waals surface area contributed by atoms with Gasteiger partial charge in [-0.3, -0.25) is 0 Å². The molecular weight excluding hydrogens is 250 g/mol. The van der Waals surface area contributed by atoms with Gasteiger partial charge >= 0.3 is 0 Å². The number of hydrogen-bond acceptors (Lipinski definition) is 3. The Morgan fingerprint density at radius 3 is 2.61 bits per heavy atom. The summed E-state index contributed by atoms with van der Waals surface area (Å²) in [5.74, 6) is 0. The second-order valence-corrected chi connectivity index (χ2v) is 6.11. The molecule has 0 aromatic heterocycles. The molecule has 0 bridgehead atoms. The Morgan fingerprint density at radius 2 is 2.00 bits per heavy atom. The molecule has 1 unspecified atom stereocenters. The van der Waals surface area contributed by atoms with Crippen molar-refractivity contribution in [3.8, 4) is 0 Å². The minimum Gasteiger partial charge on any atom is -0.392 e. The molecule has 0 heterocycles. The van der Waals surface area contributed by atoms with Crippen molar-refractivity contribution in [2.24, 2.45) is 0 Å².